The van der Waals surface area contributed by atoms with E-state index in [1.807, 2.05) is 6.92 Å². The second kappa shape index (κ2) is 5.31. The summed E-state index contributed by atoms with van der Waals surface area (Å²) in [5, 5.41) is 9.58. The fourth-order valence-corrected chi connectivity index (χ4v) is 2.67. The van der Waals surface area contributed by atoms with Crippen molar-refractivity contribution in [2.24, 2.45) is 5.41 Å². The van der Waals surface area contributed by atoms with E-state index < -0.39 is 0 Å². The van der Waals surface area contributed by atoms with Crippen LogP contribution in [0.15, 0.2) is 0 Å². The zero-order valence-electron chi connectivity index (χ0n) is 10.8. The second-order valence-electron chi connectivity index (χ2n) is 5.22. The fraction of sp³-hybridized carbons (Fsp3) is 1.00. The van der Waals surface area contributed by atoms with Gasteiger partial charge in [0.15, 0.2) is 0 Å². The molecule has 0 aromatic carbocycles. The Balaban J connectivity index is 2.48. The SMILES string of the molecule is CCC1(CC)CCN(C(C)C(C)O)CC1. The number of aliphatic hydroxyl groups excluding tert-OH is 1. The number of aliphatic hydroxyl groups is 1. The Morgan fingerprint density at radius 2 is 1.60 bits per heavy atom. The van der Waals surface area contributed by atoms with Crippen molar-refractivity contribution in [3.63, 3.8) is 0 Å². The average molecular weight is 213 g/mol. The first-order valence-electron chi connectivity index (χ1n) is 6.47. The van der Waals surface area contributed by atoms with Crippen LogP contribution in [0.1, 0.15) is 53.4 Å². The molecule has 2 heteroatoms. The number of rotatable bonds is 4. The molecule has 0 aromatic heterocycles. The van der Waals surface area contributed by atoms with E-state index >= 15 is 0 Å². The number of likely N-dealkylation sites (tertiary alicyclic amines) is 1. The minimum absolute atomic E-state index is 0.208. The molecule has 1 rings (SSSR count). The van der Waals surface area contributed by atoms with Gasteiger partial charge in [-0.15, -0.1) is 0 Å². The molecular formula is C13H27NO. The van der Waals surface area contributed by atoms with Crippen LogP contribution >= 0.6 is 0 Å². The highest BCUT2D eigenvalue weighted by atomic mass is 16.3. The monoisotopic (exact) mass is 213 g/mol. The minimum Gasteiger partial charge on any atom is -0.392 e. The molecule has 0 bridgehead atoms. The van der Waals surface area contributed by atoms with E-state index in [-0.39, 0.29) is 6.10 Å². The lowest BCUT2D eigenvalue weighted by Crippen LogP contribution is -2.47. The van der Waals surface area contributed by atoms with E-state index in [0.29, 0.717) is 11.5 Å². The quantitative estimate of drug-likeness (QED) is 0.776. The minimum atomic E-state index is -0.208. The molecule has 0 radical (unpaired) electrons. The highest BCUT2D eigenvalue weighted by molar-refractivity contribution is 4.86. The van der Waals surface area contributed by atoms with Gasteiger partial charge >= 0.3 is 0 Å². The van der Waals surface area contributed by atoms with Crippen molar-refractivity contribution in [1.29, 1.82) is 0 Å². The molecule has 1 fully saturated rings. The third-order valence-electron chi connectivity index (χ3n) is 4.63. The predicted octanol–water partition coefficient (Wildman–Crippen LogP) is 2.66. The van der Waals surface area contributed by atoms with Crippen molar-refractivity contribution in [2.75, 3.05) is 13.1 Å². The number of piperidine rings is 1. The first-order valence-corrected chi connectivity index (χ1v) is 6.47. The average Bonchev–Trinajstić information content (AvgIpc) is 2.28. The van der Waals surface area contributed by atoms with Gasteiger partial charge < -0.3 is 5.11 Å². The molecule has 0 saturated carbocycles. The summed E-state index contributed by atoms with van der Waals surface area (Å²) >= 11 is 0. The third kappa shape index (κ3) is 2.94. The Morgan fingerprint density at radius 1 is 1.13 bits per heavy atom. The molecule has 1 aliphatic rings. The summed E-state index contributed by atoms with van der Waals surface area (Å²) in [5.74, 6) is 0. The first kappa shape index (κ1) is 13.0. The standard InChI is InChI=1S/C13H27NO/c1-5-13(6-2)7-9-14(10-8-13)11(3)12(4)15/h11-12,15H,5-10H2,1-4H3. The van der Waals surface area contributed by atoms with Gasteiger partial charge in [0.2, 0.25) is 0 Å². The van der Waals surface area contributed by atoms with Crippen LogP contribution in [0.5, 0.6) is 0 Å². The van der Waals surface area contributed by atoms with Crippen LogP contribution in [0.3, 0.4) is 0 Å². The summed E-state index contributed by atoms with van der Waals surface area (Å²) in [5.41, 5.74) is 0.592. The van der Waals surface area contributed by atoms with Crippen LogP contribution in [0, 0.1) is 5.41 Å². The Kier molecular flexibility index (Phi) is 4.60. The normalized spacial score (nSPS) is 26.2. The Bertz CT molecular complexity index is 177. The number of nitrogens with zero attached hydrogens (tertiary/aromatic N) is 1. The molecule has 1 N–H and O–H groups in total. The van der Waals surface area contributed by atoms with Crippen molar-refractivity contribution in [3.8, 4) is 0 Å². The van der Waals surface area contributed by atoms with Crippen LogP contribution in [-0.2, 0) is 0 Å². The van der Waals surface area contributed by atoms with Crippen molar-refractivity contribution in [3.05, 3.63) is 0 Å². The highest BCUT2D eigenvalue weighted by Crippen LogP contribution is 2.38. The Hall–Kier alpha value is -0.0800. The van der Waals surface area contributed by atoms with Gasteiger partial charge in [-0.2, -0.15) is 0 Å². The molecule has 0 aromatic rings. The summed E-state index contributed by atoms with van der Waals surface area (Å²) in [6.45, 7) is 11.0. The van der Waals surface area contributed by atoms with E-state index in [4.69, 9.17) is 0 Å². The third-order valence-corrected chi connectivity index (χ3v) is 4.63. The van der Waals surface area contributed by atoms with Gasteiger partial charge in [0.05, 0.1) is 6.10 Å². The Labute approximate surface area is 94.7 Å². The van der Waals surface area contributed by atoms with Crippen LogP contribution in [0.25, 0.3) is 0 Å². The molecular weight excluding hydrogens is 186 g/mol. The molecule has 2 nitrogen and oxygen atoms in total. The van der Waals surface area contributed by atoms with E-state index in [2.05, 4.69) is 25.7 Å². The number of hydrogen-bond donors (Lipinski definition) is 1. The predicted molar refractivity (Wildman–Crippen MR) is 65.0 cm³/mol. The van der Waals surface area contributed by atoms with Gasteiger partial charge in [-0.05, 0) is 45.2 Å². The van der Waals surface area contributed by atoms with Gasteiger partial charge in [0.1, 0.15) is 0 Å². The van der Waals surface area contributed by atoms with E-state index in [9.17, 15) is 5.11 Å². The molecule has 2 unspecified atom stereocenters. The molecule has 1 aliphatic heterocycles. The van der Waals surface area contributed by atoms with Crippen LogP contribution < -0.4 is 0 Å². The zero-order chi connectivity index (χ0) is 11.5. The van der Waals surface area contributed by atoms with Gasteiger partial charge in [-0.1, -0.05) is 26.7 Å². The van der Waals surface area contributed by atoms with Crippen LogP contribution in [0.4, 0.5) is 0 Å². The van der Waals surface area contributed by atoms with Gasteiger partial charge in [-0.3, -0.25) is 4.90 Å². The molecule has 2 atom stereocenters. The van der Waals surface area contributed by atoms with Gasteiger partial charge in [0, 0.05) is 6.04 Å². The van der Waals surface area contributed by atoms with Crippen molar-refractivity contribution < 1.29 is 5.11 Å². The van der Waals surface area contributed by atoms with Crippen molar-refractivity contribution >= 4 is 0 Å². The summed E-state index contributed by atoms with van der Waals surface area (Å²) < 4.78 is 0. The van der Waals surface area contributed by atoms with Crippen LogP contribution in [-0.4, -0.2) is 35.2 Å². The maximum absolute atomic E-state index is 9.58. The molecule has 1 saturated heterocycles. The van der Waals surface area contributed by atoms with Crippen molar-refractivity contribution in [1.82, 2.24) is 4.90 Å². The molecule has 0 aliphatic carbocycles. The Morgan fingerprint density at radius 3 is 1.93 bits per heavy atom. The topological polar surface area (TPSA) is 23.5 Å². The fourth-order valence-electron chi connectivity index (χ4n) is 2.67. The molecule has 90 valence electrons. The molecule has 0 amide bonds. The second-order valence-corrected chi connectivity index (χ2v) is 5.22. The molecule has 15 heavy (non-hydrogen) atoms. The van der Waals surface area contributed by atoms with E-state index in [0.717, 1.165) is 13.1 Å². The smallest absolute Gasteiger partial charge is 0.0664 e. The molecule has 0 spiro atoms. The van der Waals surface area contributed by atoms with Gasteiger partial charge in [-0.25, -0.2) is 0 Å². The molecule has 1 heterocycles. The highest BCUT2D eigenvalue weighted by Gasteiger charge is 2.33. The number of hydrogen-bond acceptors (Lipinski definition) is 2. The lowest BCUT2D eigenvalue weighted by molar-refractivity contribution is 0.0200. The zero-order valence-corrected chi connectivity index (χ0v) is 10.8. The van der Waals surface area contributed by atoms with Gasteiger partial charge in [0.25, 0.3) is 0 Å². The maximum Gasteiger partial charge on any atom is 0.0664 e. The van der Waals surface area contributed by atoms with E-state index in [1.54, 1.807) is 0 Å². The maximum atomic E-state index is 9.58. The van der Waals surface area contributed by atoms with E-state index in [1.165, 1.54) is 25.7 Å². The summed E-state index contributed by atoms with van der Waals surface area (Å²) in [6.07, 6.45) is 5.01. The largest absolute Gasteiger partial charge is 0.392 e. The van der Waals surface area contributed by atoms with Crippen LogP contribution in [0.2, 0.25) is 0 Å². The van der Waals surface area contributed by atoms with Crippen molar-refractivity contribution in [2.45, 2.75) is 65.5 Å². The lowest BCUT2D eigenvalue weighted by atomic mass is 9.74. The first-order chi connectivity index (χ1) is 7.04. The lowest BCUT2D eigenvalue weighted by Gasteiger charge is -2.43. The summed E-state index contributed by atoms with van der Waals surface area (Å²) in [6, 6.07) is 0.316. The summed E-state index contributed by atoms with van der Waals surface area (Å²) in [4.78, 5) is 2.44. The summed E-state index contributed by atoms with van der Waals surface area (Å²) in [7, 11) is 0.